The molecule has 2 heterocycles. The molecule has 10 aromatic rings. The Morgan fingerprint density at radius 3 is 1.69 bits per heavy atom. The Balaban J connectivity index is 1.20. The second-order valence-electron chi connectivity index (χ2n) is 12.6. The van der Waals surface area contributed by atoms with Crippen LogP contribution in [0.1, 0.15) is 0 Å². The van der Waals surface area contributed by atoms with E-state index in [-0.39, 0.29) is 0 Å². The molecule has 0 aliphatic rings. The number of rotatable bonds is 4. The van der Waals surface area contributed by atoms with Crippen molar-refractivity contribution in [1.29, 1.82) is 0 Å². The van der Waals surface area contributed by atoms with Crippen molar-refractivity contribution in [2.75, 3.05) is 0 Å². The van der Waals surface area contributed by atoms with Crippen molar-refractivity contribution < 1.29 is 0 Å². The van der Waals surface area contributed by atoms with Gasteiger partial charge in [0.05, 0.1) is 22.2 Å². The Labute approximate surface area is 278 Å². The summed E-state index contributed by atoms with van der Waals surface area (Å²) >= 11 is 0. The van der Waals surface area contributed by atoms with Gasteiger partial charge >= 0.3 is 0 Å². The number of benzene rings is 8. The number of nitrogens with zero attached hydrogens (tertiary/aromatic N) is 2. The van der Waals surface area contributed by atoms with Crippen LogP contribution in [0.25, 0.3) is 88.0 Å². The zero-order valence-corrected chi connectivity index (χ0v) is 26.2. The van der Waals surface area contributed by atoms with Crippen LogP contribution in [-0.4, -0.2) is 9.13 Å². The third-order valence-electron chi connectivity index (χ3n) is 9.85. The minimum atomic E-state index is 1.14. The van der Waals surface area contributed by atoms with E-state index in [2.05, 4.69) is 191 Å². The summed E-state index contributed by atoms with van der Waals surface area (Å²) in [6.07, 6.45) is 0. The molecule has 0 bridgehead atoms. The smallest absolute Gasteiger partial charge is 0.0788 e. The van der Waals surface area contributed by atoms with Gasteiger partial charge in [0.1, 0.15) is 0 Å². The first-order valence-electron chi connectivity index (χ1n) is 16.5. The number of fused-ring (bicyclic) bond motifs is 7. The summed E-state index contributed by atoms with van der Waals surface area (Å²) < 4.78 is 4.90. The largest absolute Gasteiger partial charge is 0.307 e. The van der Waals surface area contributed by atoms with E-state index in [0.29, 0.717) is 0 Å². The molecule has 48 heavy (non-hydrogen) atoms. The van der Waals surface area contributed by atoms with Gasteiger partial charge in [-0.3, -0.25) is 0 Å². The topological polar surface area (TPSA) is 9.86 Å². The van der Waals surface area contributed by atoms with E-state index in [9.17, 15) is 0 Å². The first kappa shape index (κ1) is 26.8. The fourth-order valence-corrected chi connectivity index (χ4v) is 7.60. The molecule has 0 radical (unpaired) electrons. The summed E-state index contributed by atoms with van der Waals surface area (Å²) in [6.45, 7) is 0. The quantitative estimate of drug-likeness (QED) is 0.175. The highest BCUT2D eigenvalue weighted by Crippen LogP contribution is 2.41. The molecule has 0 atom stereocenters. The van der Waals surface area contributed by atoms with Crippen LogP contribution in [0.3, 0.4) is 0 Å². The lowest BCUT2D eigenvalue weighted by atomic mass is 9.98. The van der Waals surface area contributed by atoms with Crippen LogP contribution < -0.4 is 0 Å². The SMILES string of the molecule is c1ccc(-c2cc3ccc4c5ccccc5n(-c5ccc(-c6ccc7cc8ccccc8cc7c6)cc5)c4c3n2-c2ccccc2)cc1. The molecule has 0 spiro atoms. The average molecular weight is 611 g/mol. The fourth-order valence-electron chi connectivity index (χ4n) is 7.60. The van der Waals surface area contributed by atoms with Crippen molar-refractivity contribution in [2.24, 2.45) is 0 Å². The molecule has 2 aromatic heterocycles. The van der Waals surface area contributed by atoms with Crippen LogP contribution >= 0.6 is 0 Å². The van der Waals surface area contributed by atoms with Gasteiger partial charge in [-0.05, 0) is 92.8 Å². The molecule has 2 heteroatoms. The van der Waals surface area contributed by atoms with E-state index in [1.165, 1.54) is 76.6 Å². The first-order chi connectivity index (χ1) is 23.8. The van der Waals surface area contributed by atoms with Gasteiger partial charge in [0.25, 0.3) is 0 Å². The zero-order valence-electron chi connectivity index (χ0n) is 26.2. The molecule has 224 valence electrons. The van der Waals surface area contributed by atoms with Gasteiger partial charge in [-0.25, -0.2) is 0 Å². The minimum absolute atomic E-state index is 1.14. The van der Waals surface area contributed by atoms with Crippen molar-refractivity contribution in [3.63, 3.8) is 0 Å². The van der Waals surface area contributed by atoms with Gasteiger partial charge in [0.2, 0.25) is 0 Å². The van der Waals surface area contributed by atoms with Crippen LogP contribution in [0.15, 0.2) is 182 Å². The molecular formula is C46H30N2. The van der Waals surface area contributed by atoms with Gasteiger partial charge in [-0.15, -0.1) is 0 Å². The summed E-state index contributed by atoms with van der Waals surface area (Å²) in [6, 6.07) is 66.3. The number of hydrogen-bond acceptors (Lipinski definition) is 0. The third kappa shape index (κ3) is 4.13. The predicted octanol–water partition coefficient (Wildman–Crippen LogP) is 12.4. The summed E-state index contributed by atoms with van der Waals surface area (Å²) in [4.78, 5) is 0. The average Bonchev–Trinajstić information content (AvgIpc) is 3.71. The second kappa shape index (κ2) is 10.6. The molecule has 8 aromatic carbocycles. The van der Waals surface area contributed by atoms with Crippen LogP contribution in [0.5, 0.6) is 0 Å². The molecule has 0 amide bonds. The van der Waals surface area contributed by atoms with Crippen LogP contribution in [0.2, 0.25) is 0 Å². The molecule has 0 fully saturated rings. The van der Waals surface area contributed by atoms with E-state index in [1.807, 2.05) is 0 Å². The molecular weight excluding hydrogens is 581 g/mol. The minimum Gasteiger partial charge on any atom is -0.307 e. The highest BCUT2D eigenvalue weighted by molar-refractivity contribution is 6.19. The van der Waals surface area contributed by atoms with Crippen molar-refractivity contribution in [1.82, 2.24) is 9.13 Å². The Morgan fingerprint density at radius 1 is 0.292 bits per heavy atom. The Kier molecular flexibility index (Phi) is 5.91. The molecule has 0 N–H and O–H groups in total. The number of para-hydroxylation sites is 2. The summed E-state index contributed by atoms with van der Waals surface area (Å²) in [5.41, 5.74) is 10.7. The van der Waals surface area contributed by atoms with Crippen LogP contribution in [-0.2, 0) is 0 Å². The van der Waals surface area contributed by atoms with Crippen LogP contribution in [0.4, 0.5) is 0 Å². The predicted molar refractivity (Wildman–Crippen MR) is 203 cm³/mol. The molecule has 0 saturated heterocycles. The Bertz CT molecular complexity index is 2800. The Hall–Kier alpha value is -6.38. The maximum atomic E-state index is 2.46. The normalized spacial score (nSPS) is 11.8. The summed E-state index contributed by atoms with van der Waals surface area (Å²) in [5, 5.41) is 8.79. The van der Waals surface area contributed by atoms with Gasteiger partial charge in [-0.1, -0.05) is 127 Å². The van der Waals surface area contributed by atoms with E-state index in [4.69, 9.17) is 0 Å². The molecule has 0 saturated carbocycles. The summed E-state index contributed by atoms with van der Waals surface area (Å²) in [5.74, 6) is 0. The van der Waals surface area contributed by atoms with E-state index >= 15 is 0 Å². The zero-order chi connectivity index (χ0) is 31.6. The molecule has 0 unspecified atom stereocenters. The fraction of sp³-hybridized carbons (Fsp3) is 0. The second-order valence-corrected chi connectivity index (χ2v) is 12.6. The van der Waals surface area contributed by atoms with E-state index in [0.717, 1.165) is 11.4 Å². The maximum absolute atomic E-state index is 2.46. The number of hydrogen-bond donors (Lipinski definition) is 0. The first-order valence-corrected chi connectivity index (χ1v) is 16.5. The monoisotopic (exact) mass is 610 g/mol. The standard InChI is InChI=1S/C46H30N2/c1-3-11-32(12-4-1)44-30-37-23-26-42-41-17-9-10-18-43(41)47(46(42)45(37)48(44)39-15-5-2-6-16-39)40-24-21-31(22-25-40)35-19-20-36-27-33-13-7-8-14-34(33)28-38(36)29-35/h1-30H. The maximum Gasteiger partial charge on any atom is 0.0788 e. The van der Waals surface area contributed by atoms with Gasteiger partial charge in [0, 0.05) is 27.5 Å². The molecule has 0 aliphatic heterocycles. The van der Waals surface area contributed by atoms with E-state index < -0.39 is 0 Å². The van der Waals surface area contributed by atoms with E-state index in [1.54, 1.807) is 0 Å². The van der Waals surface area contributed by atoms with Crippen molar-refractivity contribution in [2.45, 2.75) is 0 Å². The van der Waals surface area contributed by atoms with Crippen molar-refractivity contribution >= 4 is 54.3 Å². The molecule has 10 rings (SSSR count). The van der Waals surface area contributed by atoms with Gasteiger partial charge in [-0.2, -0.15) is 0 Å². The van der Waals surface area contributed by atoms with Gasteiger partial charge in [0.15, 0.2) is 0 Å². The highest BCUT2D eigenvalue weighted by Gasteiger charge is 2.21. The van der Waals surface area contributed by atoms with Crippen LogP contribution in [0, 0.1) is 0 Å². The Morgan fingerprint density at radius 2 is 0.896 bits per heavy atom. The third-order valence-corrected chi connectivity index (χ3v) is 9.85. The van der Waals surface area contributed by atoms with Crippen molar-refractivity contribution in [3.8, 4) is 33.8 Å². The molecule has 2 nitrogen and oxygen atoms in total. The lowest BCUT2D eigenvalue weighted by Gasteiger charge is -2.15. The lowest BCUT2D eigenvalue weighted by Crippen LogP contribution is -2.00. The van der Waals surface area contributed by atoms with Crippen molar-refractivity contribution in [3.05, 3.63) is 182 Å². The molecule has 0 aliphatic carbocycles. The van der Waals surface area contributed by atoms with Gasteiger partial charge < -0.3 is 9.13 Å². The summed E-state index contributed by atoms with van der Waals surface area (Å²) in [7, 11) is 0. The highest BCUT2D eigenvalue weighted by atomic mass is 15.0. The lowest BCUT2D eigenvalue weighted by molar-refractivity contribution is 1.12. The number of aromatic nitrogens is 2.